The summed E-state index contributed by atoms with van der Waals surface area (Å²) in [6, 6.07) is 2.75. The lowest BCUT2D eigenvalue weighted by atomic mass is 9.55. The molecule has 3 aliphatic rings. The average Bonchev–Trinajstić information content (AvgIpc) is 2.66. The Kier molecular flexibility index (Phi) is 4.98. The molecule has 9 heteroatoms. The van der Waals surface area contributed by atoms with Gasteiger partial charge < -0.3 is 26.0 Å². The molecule has 2 saturated carbocycles. The van der Waals surface area contributed by atoms with Crippen LogP contribution in [0.4, 0.5) is 0 Å². The first-order valence-electron chi connectivity index (χ1n) is 9.71. The summed E-state index contributed by atoms with van der Waals surface area (Å²) < 4.78 is 0.844. The summed E-state index contributed by atoms with van der Waals surface area (Å²) in [5.41, 5.74) is 3.80. The first kappa shape index (κ1) is 21.3. The molecule has 8 nitrogen and oxygen atoms in total. The fraction of sp³-hybridized carbons (Fsp3) is 0.476. The van der Waals surface area contributed by atoms with Crippen LogP contribution in [0.3, 0.4) is 0 Å². The fourth-order valence-electron chi connectivity index (χ4n) is 5.42. The highest BCUT2D eigenvalue weighted by atomic mass is 127. The van der Waals surface area contributed by atoms with Gasteiger partial charge in [0.25, 0.3) is 0 Å². The van der Waals surface area contributed by atoms with Crippen molar-refractivity contribution in [2.24, 2.45) is 23.5 Å². The van der Waals surface area contributed by atoms with Crippen molar-refractivity contribution in [3.63, 3.8) is 0 Å². The number of phenols is 1. The van der Waals surface area contributed by atoms with Crippen molar-refractivity contribution < 1.29 is 29.7 Å². The number of carbonyl (C=O) groups excluding carboxylic acids is 3. The lowest BCUT2D eigenvalue weighted by molar-refractivity contribution is -0.173. The maximum Gasteiger partial charge on any atom is 0.228 e. The zero-order chi connectivity index (χ0) is 22.1. The summed E-state index contributed by atoms with van der Waals surface area (Å²) >= 11 is 2.11. The Hall–Kier alpha value is -1.98. The highest BCUT2D eigenvalue weighted by Crippen LogP contribution is 2.52. The predicted molar refractivity (Wildman–Crippen MR) is 115 cm³/mol. The Labute approximate surface area is 186 Å². The van der Waals surface area contributed by atoms with E-state index in [1.165, 1.54) is 6.07 Å². The van der Waals surface area contributed by atoms with Crippen LogP contribution in [0.25, 0.3) is 5.76 Å². The van der Waals surface area contributed by atoms with Crippen LogP contribution in [-0.4, -0.2) is 63.4 Å². The van der Waals surface area contributed by atoms with Crippen molar-refractivity contribution >= 4 is 45.8 Å². The molecule has 160 valence electrons. The van der Waals surface area contributed by atoms with E-state index in [1.807, 2.05) is 0 Å². The van der Waals surface area contributed by atoms with Gasteiger partial charge in [-0.2, -0.15) is 0 Å². The summed E-state index contributed by atoms with van der Waals surface area (Å²) in [6.45, 7) is 0. The molecule has 5 atom stereocenters. The number of aliphatic hydroxyl groups excluding tert-OH is 1. The molecule has 1 aromatic carbocycles. The number of primary amides is 1. The Balaban J connectivity index is 1.91. The largest absolute Gasteiger partial charge is 0.507 e. The molecule has 0 radical (unpaired) electrons. The predicted octanol–water partition coefficient (Wildman–Crippen LogP) is 0.763. The van der Waals surface area contributed by atoms with Gasteiger partial charge in [-0.3, -0.25) is 14.4 Å². The highest BCUT2D eigenvalue weighted by molar-refractivity contribution is 14.1. The van der Waals surface area contributed by atoms with Crippen LogP contribution in [0.1, 0.15) is 24.0 Å². The van der Waals surface area contributed by atoms with E-state index in [9.17, 15) is 29.7 Å². The second kappa shape index (κ2) is 7.03. The van der Waals surface area contributed by atoms with E-state index >= 15 is 0 Å². The second-order valence-corrected chi connectivity index (χ2v) is 9.77. The van der Waals surface area contributed by atoms with Crippen LogP contribution in [0.15, 0.2) is 17.7 Å². The van der Waals surface area contributed by atoms with Crippen LogP contribution in [0.2, 0.25) is 0 Å². The molecule has 3 aliphatic carbocycles. The number of carbonyl (C=O) groups is 3. The lowest BCUT2D eigenvalue weighted by Crippen LogP contribution is -2.69. The van der Waals surface area contributed by atoms with Crippen LogP contribution in [0.5, 0.6) is 5.75 Å². The van der Waals surface area contributed by atoms with Crippen LogP contribution >= 0.6 is 22.6 Å². The van der Waals surface area contributed by atoms with Crippen molar-refractivity contribution in [1.82, 2.24) is 4.90 Å². The number of nitrogens with two attached hydrogens (primary N) is 1. The smallest absolute Gasteiger partial charge is 0.228 e. The summed E-state index contributed by atoms with van der Waals surface area (Å²) in [7, 11) is 3.53. The van der Waals surface area contributed by atoms with Gasteiger partial charge in [0, 0.05) is 21.1 Å². The number of rotatable bonds is 2. The van der Waals surface area contributed by atoms with E-state index in [2.05, 4.69) is 22.6 Å². The average molecular weight is 526 g/mol. The van der Waals surface area contributed by atoms with Crippen LogP contribution < -0.4 is 5.73 Å². The maximum atomic E-state index is 13.5. The molecule has 0 spiro atoms. The third kappa shape index (κ3) is 2.75. The van der Waals surface area contributed by atoms with Crippen LogP contribution in [-0.2, 0) is 20.8 Å². The molecule has 0 aliphatic heterocycles. The maximum absolute atomic E-state index is 13.5. The minimum Gasteiger partial charge on any atom is -0.507 e. The van der Waals surface area contributed by atoms with Crippen molar-refractivity contribution in [3.8, 4) is 5.75 Å². The normalized spacial score (nSPS) is 33.2. The number of aromatic hydroxyl groups is 1. The summed E-state index contributed by atoms with van der Waals surface area (Å²) in [5, 5.41) is 32.7. The number of amides is 1. The molecule has 0 saturated heterocycles. The van der Waals surface area contributed by atoms with E-state index < -0.39 is 52.6 Å². The van der Waals surface area contributed by atoms with Crippen molar-refractivity contribution in [1.29, 1.82) is 0 Å². The van der Waals surface area contributed by atoms with Crippen molar-refractivity contribution in [3.05, 3.63) is 32.4 Å². The van der Waals surface area contributed by atoms with Gasteiger partial charge in [0.2, 0.25) is 11.7 Å². The molecular weight excluding hydrogens is 503 g/mol. The molecule has 4 rings (SSSR count). The Bertz CT molecular complexity index is 1020. The fourth-order valence-corrected chi connectivity index (χ4v) is 6.09. The first-order chi connectivity index (χ1) is 14.0. The number of benzene rings is 1. The van der Waals surface area contributed by atoms with E-state index in [0.29, 0.717) is 6.42 Å². The molecule has 2 fully saturated rings. The van der Waals surface area contributed by atoms with Crippen molar-refractivity contribution in [2.45, 2.75) is 30.9 Å². The number of aliphatic hydroxyl groups is 2. The second-order valence-electron chi connectivity index (χ2n) is 8.61. The molecular formula is C21H23IN2O6. The molecule has 0 bridgehead atoms. The number of halogens is 1. The molecule has 1 amide bonds. The van der Waals surface area contributed by atoms with Crippen LogP contribution in [0, 0.1) is 21.3 Å². The zero-order valence-corrected chi connectivity index (χ0v) is 18.7. The quantitative estimate of drug-likeness (QED) is 0.330. The lowest BCUT2D eigenvalue weighted by Gasteiger charge is -2.52. The third-order valence-electron chi connectivity index (χ3n) is 6.89. The molecule has 5 N–H and O–H groups in total. The third-order valence-corrected chi connectivity index (χ3v) is 7.90. The molecule has 1 aromatic rings. The van der Waals surface area contributed by atoms with Gasteiger partial charge in [-0.1, -0.05) is 0 Å². The monoisotopic (exact) mass is 526 g/mol. The Morgan fingerprint density at radius 2 is 1.90 bits per heavy atom. The standard InChI is InChI=1S/C21H23IN2O6/c1-24(2)13-7-10(20(23)29)18(27)21(30)11(13)6-8-5-9-12(22)3-4-14(25)16(9)17(26)15(8)19(21)28/h3-4,8,10-11,13,25-26,30H,5-7H2,1-2H3,(H2,23,29)/t8?,10?,11?,13-,21-/m1/s1. The summed E-state index contributed by atoms with van der Waals surface area (Å²) in [4.78, 5) is 40.4. The zero-order valence-electron chi connectivity index (χ0n) is 16.6. The molecule has 3 unspecified atom stereocenters. The van der Waals surface area contributed by atoms with Gasteiger partial charge in [-0.25, -0.2) is 0 Å². The van der Waals surface area contributed by atoms with Gasteiger partial charge in [0.1, 0.15) is 17.4 Å². The summed E-state index contributed by atoms with van der Waals surface area (Å²) in [6.07, 6.45) is 0.814. The Morgan fingerprint density at radius 3 is 2.50 bits per heavy atom. The minimum absolute atomic E-state index is 0.0606. The number of nitrogens with zero attached hydrogens (tertiary/aromatic N) is 1. The molecule has 30 heavy (non-hydrogen) atoms. The topological polar surface area (TPSA) is 141 Å². The van der Waals surface area contributed by atoms with Gasteiger partial charge >= 0.3 is 0 Å². The number of hydrogen-bond acceptors (Lipinski definition) is 7. The van der Waals surface area contributed by atoms with Gasteiger partial charge in [0.05, 0.1) is 5.56 Å². The Morgan fingerprint density at radius 1 is 1.23 bits per heavy atom. The molecule has 0 heterocycles. The van der Waals surface area contributed by atoms with E-state index in [1.54, 1.807) is 25.1 Å². The first-order valence-corrected chi connectivity index (χ1v) is 10.8. The van der Waals surface area contributed by atoms with E-state index in [0.717, 1.165) is 9.13 Å². The number of hydrogen-bond donors (Lipinski definition) is 4. The minimum atomic E-state index is -2.44. The van der Waals surface area contributed by atoms with E-state index in [4.69, 9.17) is 5.73 Å². The van der Waals surface area contributed by atoms with E-state index in [-0.39, 0.29) is 29.7 Å². The number of ketones is 2. The highest BCUT2D eigenvalue weighted by Gasteiger charge is 2.64. The molecule has 0 aromatic heterocycles. The SMILES string of the molecule is CN(C)[C@@H]1CC(C(N)=O)C(=O)[C@@]2(O)C(=O)C3=C(O)c4c(O)ccc(I)c4CC3CC12. The number of phenolic OH excluding ortho intramolecular Hbond substituents is 1. The van der Waals surface area contributed by atoms with Gasteiger partial charge in [-0.15, -0.1) is 0 Å². The van der Waals surface area contributed by atoms with Gasteiger partial charge in [0.15, 0.2) is 11.4 Å². The van der Waals surface area contributed by atoms with Crippen molar-refractivity contribution in [2.75, 3.05) is 14.1 Å². The summed E-state index contributed by atoms with van der Waals surface area (Å²) in [5.74, 6) is -5.70. The number of fused-ring (bicyclic) bond motifs is 3. The number of Topliss-reactive ketones (excluding diaryl/α,β-unsaturated/α-hetero) is 2. The van der Waals surface area contributed by atoms with Gasteiger partial charge in [-0.05, 0) is 79.6 Å².